The third-order valence-electron chi connectivity index (χ3n) is 9.54. The molecule has 1 unspecified atom stereocenters. The normalized spacial score (nSPS) is 12.5. The Hall–Kier alpha value is 0.981. The van der Waals surface area contributed by atoms with Crippen LogP contribution in [0.5, 0.6) is 0 Å². The van der Waals surface area contributed by atoms with Crippen molar-refractivity contribution in [2.45, 2.75) is 172 Å². The molecule has 9 nitrogen and oxygen atoms in total. The minimum Gasteiger partial charge on any atom is -0.550 e. The van der Waals surface area contributed by atoms with Crippen LogP contribution in [0, 0.1) is 5.41 Å². The first-order valence-electron chi connectivity index (χ1n) is 21.1. The van der Waals surface area contributed by atoms with Crippen molar-refractivity contribution in [3.63, 3.8) is 0 Å². The molecule has 15 heteroatoms. The number of halogens is 2. The van der Waals surface area contributed by atoms with Crippen LogP contribution in [-0.4, -0.2) is 108 Å². The molecule has 0 aliphatic carbocycles. The van der Waals surface area contributed by atoms with Gasteiger partial charge in [-0.05, 0) is 90.7 Å². The first-order valence-corrected chi connectivity index (χ1v) is 25.5. The van der Waals surface area contributed by atoms with Crippen molar-refractivity contribution in [2.75, 3.05) is 71.0 Å². The van der Waals surface area contributed by atoms with Crippen molar-refractivity contribution in [3.05, 3.63) is 0 Å². The fourth-order valence-electron chi connectivity index (χ4n) is 5.88. The molecule has 0 amide bonds. The third kappa shape index (κ3) is 41.0. The monoisotopic (exact) mass is 1360 g/mol. The first-order chi connectivity index (χ1) is 26.2. The fourth-order valence-corrected chi connectivity index (χ4v) is 7.80. The van der Waals surface area contributed by atoms with Crippen molar-refractivity contribution >= 4 is 79.3 Å². The van der Waals surface area contributed by atoms with E-state index in [0.717, 1.165) is 19.3 Å². The molecule has 0 fully saturated rings. The van der Waals surface area contributed by atoms with Crippen LogP contribution in [-0.2, 0) is 78.1 Å². The number of ether oxygens (including phenoxy) is 3. The number of quaternary nitrogens is 1. The number of likely N-dealkylation sites (N-methyl/N-ethyl adjacent to an activating group) is 1. The van der Waals surface area contributed by atoms with Gasteiger partial charge in [0.15, 0.2) is 0 Å². The van der Waals surface area contributed by atoms with E-state index >= 15 is 0 Å². The number of carboxylic acid groups (broad SMARTS) is 1. The standard InChI is InChI=1S/C27H50BrNO6S.C16H31BrO2S.2Au/c1-26(2,24(32)34-19-14-12-10-8-7-9-11-13-15-21-36-6)22-27(3,28)25(33)35-20-18-29(4,5)17-16-23(30)31;1-16(2,17)15(18)19-13-11-9-7-5-4-6-8-10-12-14-20-3;;/h7-22H2,1-6H3;4-14H2,1-3H3;;. The number of hydrogen-bond donors (Lipinski definition) is 0. The molecular formula is C43H81Au2Br2NO8S2. The molecule has 0 aliphatic rings. The molecule has 354 valence electrons. The molecule has 0 aromatic rings. The van der Waals surface area contributed by atoms with Gasteiger partial charge >= 0.3 is 17.9 Å². The van der Waals surface area contributed by atoms with E-state index in [1.165, 1.54) is 108 Å². The van der Waals surface area contributed by atoms with E-state index in [1.807, 2.05) is 51.5 Å². The number of hydrogen-bond acceptors (Lipinski definition) is 10. The Morgan fingerprint density at radius 1 is 0.534 bits per heavy atom. The van der Waals surface area contributed by atoms with Gasteiger partial charge in [-0.25, -0.2) is 0 Å². The molecule has 0 aromatic heterocycles. The van der Waals surface area contributed by atoms with Crippen LogP contribution in [0.15, 0.2) is 0 Å². The average molecular weight is 1360 g/mol. The van der Waals surface area contributed by atoms with E-state index < -0.39 is 26.0 Å². The summed E-state index contributed by atoms with van der Waals surface area (Å²) in [6.45, 7) is 10.9. The van der Waals surface area contributed by atoms with Gasteiger partial charge in [0, 0.05) is 57.2 Å². The van der Waals surface area contributed by atoms with Gasteiger partial charge in [-0.2, -0.15) is 23.5 Å². The molecule has 58 heavy (non-hydrogen) atoms. The summed E-state index contributed by atoms with van der Waals surface area (Å²) in [5.41, 5.74) is -0.850. The van der Waals surface area contributed by atoms with E-state index in [2.05, 4.69) is 44.4 Å². The molecule has 2 radical (unpaired) electrons. The Morgan fingerprint density at radius 2 is 0.879 bits per heavy atom. The largest absolute Gasteiger partial charge is 0.550 e. The van der Waals surface area contributed by atoms with E-state index in [4.69, 9.17) is 14.2 Å². The summed E-state index contributed by atoms with van der Waals surface area (Å²) in [5.74, 6) is 0.552. The first kappa shape index (κ1) is 65.6. The third-order valence-corrected chi connectivity index (χ3v) is 11.9. The number of nitrogens with zero attached hydrogens (tertiary/aromatic N) is 1. The molecule has 0 N–H and O–H groups in total. The number of unbranched alkanes of at least 4 members (excludes halogenated alkanes) is 16. The van der Waals surface area contributed by atoms with Crippen molar-refractivity contribution in [1.29, 1.82) is 0 Å². The number of carboxylic acids is 1. The Balaban J connectivity index is -0.000000565. The van der Waals surface area contributed by atoms with Gasteiger partial charge in [0.1, 0.15) is 21.8 Å². The van der Waals surface area contributed by atoms with Crippen LogP contribution >= 0.6 is 55.4 Å². The molecule has 0 spiro atoms. The summed E-state index contributed by atoms with van der Waals surface area (Å²) in [6.07, 6.45) is 27.0. The van der Waals surface area contributed by atoms with Gasteiger partial charge in [0.2, 0.25) is 0 Å². The van der Waals surface area contributed by atoms with E-state index in [9.17, 15) is 24.3 Å². The average Bonchev–Trinajstić information content (AvgIpc) is 3.10. The number of esters is 3. The van der Waals surface area contributed by atoms with Crippen LogP contribution in [0.1, 0.15) is 163 Å². The Labute approximate surface area is 411 Å². The Morgan fingerprint density at radius 3 is 1.24 bits per heavy atom. The number of thioether (sulfide) groups is 2. The predicted octanol–water partition coefficient (Wildman–Crippen LogP) is 10.3. The molecule has 1 atom stereocenters. The summed E-state index contributed by atoms with van der Waals surface area (Å²) in [6, 6.07) is 0. The van der Waals surface area contributed by atoms with Crippen LogP contribution in [0.25, 0.3) is 0 Å². The summed E-state index contributed by atoms with van der Waals surface area (Å²) in [5, 5.41) is 10.7. The van der Waals surface area contributed by atoms with Gasteiger partial charge < -0.3 is 28.6 Å². The van der Waals surface area contributed by atoms with Crippen LogP contribution < -0.4 is 5.11 Å². The maximum atomic E-state index is 12.7. The number of carbonyl (C=O) groups excluding carboxylic acids is 4. The summed E-state index contributed by atoms with van der Waals surface area (Å²) < 4.78 is 15.0. The smallest absolute Gasteiger partial charge is 0.322 e. The zero-order valence-corrected chi connectivity index (χ0v) is 46.6. The predicted molar refractivity (Wildman–Crippen MR) is 243 cm³/mol. The number of aliphatic carboxylic acids is 1. The zero-order valence-electron chi connectivity index (χ0n) is 37.5. The maximum Gasteiger partial charge on any atom is 0.322 e. The SMILES string of the molecule is CSCCCCCCCCCCCOC(=O)C(C)(C)Br.CSCCCCCCCCCCCOC(=O)C(C)(C)CC(C)(Br)C(=O)OCC[N+](C)(C)CCC(=O)[O-].[Au].[Au]. The second kappa shape index (κ2) is 39.6. The topological polar surface area (TPSA) is 119 Å². The number of alkyl halides is 2. The van der Waals surface area contributed by atoms with Gasteiger partial charge in [-0.1, -0.05) is 122 Å². The molecule has 0 bridgehead atoms. The van der Waals surface area contributed by atoms with Gasteiger partial charge in [-0.15, -0.1) is 0 Å². The van der Waals surface area contributed by atoms with E-state index in [-0.39, 0.29) is 76.1 Å². The quantitative estimate of drug-likeness (QED) is 0.0152. The van der Waals surface area contributed by atoms with Crippen LogP contribution in [0.2, 0.25) is 0 Å². The molecule has 0 aromatic carbocycles. The van der Waals surface area contributed by atoms with Gasteiger partial charge in [0.25, 0.3) is 0 Å². The van der Waals surface area contributed by atoms with Crippen molar-refractivity contribution < 1.29 is 87.7 Å². The van der Waals surface area contributed by atoms with Crippen molar-refractivity contribution in [2.24, 2.45) is 5.41 Å². The van der Waals surface area contributed by atoms with Gasteiger partial charge in [0.05, 0.1) is 39.3 Å². The van der Waals surface area contributed by atoms with Crippen LogP contribution in [0.3, 0.4) is 0 Å². The second-order valence-electron chi connectivity index (χ2n) is 17.0. The molecule has 0 saturated heterocycles. The summed E-state index contributed by atoms with van der Waals surface area (Å²) in [4.78, 5) is 47.5. The molecular weight excluding hydrogens is 1280 g/mol. The van der Waals surface area contributed by atoms with Crippen molar-refractivity contribution in [3.8, 4) is 0 Å². The minimum atomic E-state index is -1.09. The summed E-state index contributed by atoms with van der Waals surface area (Å²) >= 11 is 10.6. The molecule has 0 saturated carbocycles. The molecule has 0 aliphatic heterocycles. The summed E-state index contributed by atoms with van der Waals surface area (Å²) in [7, 11) is 3.75. The Bertz CT molecular complexity index is 1050. The number of rotatable bonds is 35. The van der Waals surface area contributed by atoms with Gasteiger partial charge in [-0.3, -0.25) is 14.4 Å². The van der Waals surface area contributed by atoms with E-state index in [0.29, 0.717) is 30.8 Å². The molecule has 0 heterocycles. The number of carbonyl (C=O) groups is 4. The fraction of sp³-hybridized carbons (Fsp3) is 0.907. The zero-order chi connectivity index (χ0) is 42.9. The van der Waals surface area contributed by atoms with E-state index in [1.54, 1.807) is 20.8 Å². The minimum absolute atomic E-state index is 0. The van der Waals surface area contributed by atoms with Crippen molar-refractivity contribution in [1.82, 2.24) is 0 Å². The maximum absolute atomic E-state index is 12.7. The second-order valence-corrected chi connectivity index (χ2v) is 22.7. The molecule has 0 rings (SSSR count). The van der Waals surface area contributed by atoms with Crippen LogP contribution in [0.4, 0.5) is 0 Å². The Kier molecular flexibility index (Phi) is 44.7.